The van der Waals surface area contributed by atoms with Gasteiger partial charge in [-0.25, -0.2) is 4.39 Å². The number of hydrogen-bond acceptors (Lipinski definition) is 2. The second-order valence-electron chi connectivity index (χ2n) is 5.65. The van der Waals surface area contributed by atoms with Gasteiger partial charge >= 0.3 is 0 Å². The number of hydrogen-bond donors (Lipinski definition) is 1. The molecule has 1 aromatic carbocycles. The van der Waals surface area contributed by atoms with Crippen LogP contribution < -0.4 is 5.32 Å². The van der Waals surface area contributed by atoms with Crippen molar-refractivity contribution in [2.45, 2.75) is 33.9 Å². The van der Waals surface area contributed by atoms with Crippen LogP contribution in [0.25, 0.3) is 0 Å². The molecule has 0 aliphatic rings. The summed E-state index contributed by atoms with van der Waals surface area (Å²) in [5.74, 6) is 0.389. The fourth-order valence-corrected chi connectivity index (χ4v) is 2.54. The highest BCUT2D eigenvalue weighted by Crippen LogP contribution is 2.22. The van der Waals surface area contributed by atoms with E-state index in [2.05, 4.69) is 40.2 Å². The molecule has 3 nitrogen and oxygen atoms in total. The molecule has 2 rings (SSSR count). The van der Waals surface area contributed by atoms with Crippen LogP contribution in [0.3, 0.4) is 0 Å². The third-order valence-corrected chi connectivity index (χ3v) is 4.31. The van der Waals surface area contributed by atoms with Gasteiger partial charge in [0.25, 0.3) is 0 Å². The van der Waals surface area contributed by atoms with E-state index in [1.807, 2.05) is 23.9 Å². The van der Waals surface area contributed by atoms with Crippen LogP contribution in [0.2, 0.25) is 0 Å². The standard InChI is InChI=1S/C16H21BrFN3/c1-11(2)7-19-8-14-9-20-21(12(14)3)10-13-5-4-6-15(18)16(13)17/h4-6,9,11,19H,7-8,10H2,1-3H3. The Bertz CT molecular complexity index is 608. The number of benzene rings is 1. The van der Waals surface area contributed by atoms with Crippen molar-refractivity contribution >= 4 is 15.9 Å². The fourth-order valence-electron chi connectivity index (χ4n) is 2.15. The Morgan fingerprint density at radius 1 is 1.33 bits per heavy atom. The van der Waals surface area contributed by atoms with Gasteiger partial charge in [-0.05, 0) is 46.9 Å². The van der Waals surface area contributed by atoms with Crippen LogP contribution in [0.4, 0.5) is 4.39 Å². The lowest BCUT2D eigenvalue weighted by atomic mass is 10.2. The van der Waals surface area contributed by atoms with Gasteiger partial charge in [0, 0.05) is 17.8 Å². The minimum atomic E-state index is -0.240. The molecule has 0 saturated carbocycles. The third-order valence-electron chi connectivity index (χ3n) is 3.42. The van der Waals surface area contributed by atoms with E-state index >= 15 is 0 Å². The van der Waals surface area contributed by atoms with Gasteiger partial charge in [-0.3, -0.25) is 4.68 Å². The van der Waals surface area contributed by atoms with E-state index in [0.29, 0.717) is 16.9 Å². The Kier molecular flexibility index (Phi) is 5.53. The van der Waals surface area contributed by atoms with Crippen LogP contribution in [-0.4, -0.2) is 16.3 Å². The largest absolute Gasteiger partial charge is 0.312 e. The van der Waals surface area contributed by atoms with Gasteiger partial charge in [0.1, 0.15) is 5.82 Å². The first-order valence-corrected chi connectivity index (χ1v) is 7.93. The molecule has 0 aliphatic carbocycles. The monoisotopic (exact) mass is 353 g/mol. The first-order chi connectivity index (χ1) is 9.99. The van der Waals surface area contributed by atoms with Gasteiger partial charge in [-0.2, -0.15) is 5.10 Å². The molecule has 2 aromatic rings. The molecule has 0 amide bonds. The molecular formula is C16H21BrFN3. The lowest BCUT2D eigenvalue weighted by Crippen LogP contribution is -2.19. The molecule has 114 valence electrons. The van der Waals surface area contributed by atoms with Crippen molar-refractivity contribution in [1.82, 2.24) is 15.1 Å². The molecule has 1 N–H and O–H groups in total. The quantitative estimate of drug-likeness (QED) is 0.853. The van der Waals surface area contributed by atoms with E-state index in [9.17, 15) is 4.39 Å². The molecule has 0 saturated heterocycles. The highest BCUT2D eigenvalue weighted by molar-refractivity contribution is 9.10. The normalized spacial score (nSPS) is 11.3. The van der Waals surface area contributed by atoms with Crippen molar-refractivity contribution in [3.63, 3.8) is 0 Å². The average molecular weight is 354 g/mol. The van der Waals surface area contributed by atoms with Gasteiger partial charge in [-0.15, -0.1) is 0 Å². The Balaban J connectivity index is 2.08. The smallest absolute Gasteiger partial charge is 0.137 e. The predicted octanol–water partition coefficient (Wildman–Crippen LogP) is 3.89. The number of rotatable bonds is 6. The zero-order chi connectivity index (χ0) is 15.4. The third kappa shape index (κ3) is 4.14. The lowest BCUT2D eigenvalue weighted by molar-refractivity contribution is 0.550. The van der Waals surface area contributed by atoms with Crippen LogP contribution in [0.5, 0.6) is 0 Å². The summed E-state index contributed by atoms with van der Waals surface area (Å²) in [5.41, 5.74) is 3.19. The van der Waals surface area contributed by atoms with Crippen LogP contribution in [0.15, 0.2) is 28.9 Å². The van der Waals surface area contributed by atoms with E-state index in [-0.39, 0.29) is 5.82 Å². The second kappa shape index (κ2) is 7.18. The molecular weight excluding hydrogens is 333 g/mol. The molecule has 1 heterocycles. The minimum absolute atomic E-state index is 0.240. The summed E-state index contributed by atoms with van der Waals surface area (Å²) in [6.45, 7) is 8.78. The molecule has 0 radical (unpaired) electrons. The van der Waals surface area contributed by atoms with Gasteiger partial charge < -0.3 is 5.32 Å². The zero-order valence-corrected chi connectivity index (χ0v) is 14.2. The van der Waals surface area contributed by atoms with Crippen LogP contribution in [0, 0.1) is 18.7 Å². The van der Waals surface area contributed by atoms with Gasteiger partial charge in [-0.1, -0.05) is 26.0 Å². The highest BCUT2D eigenvalue weighted by Gasteiger charge is 2.10. The molecule has 0 bridgehead atoms. The van der Waals surface area contributed by atoms with Crippen molar-refractivity contribution < 1.29 is 4.39 Å². The molecule has 1 aromatic heterocycles. The number of nitrogens with zero attached hydrogens (tertiary/aromatic N) is 2. The summed E-state index contributed by atoms with van der Waals surface area (Å²) >= 11 is 3.30. The molecule has 21 heavy (non-hydrogen) atoms. The maximum absolute atomic E-state index is 13.5. The second-order valence-corrected chi connectivity index (χ2v) is 6.44. The Hall–Kier alpha value is -1.20. The Morgan fingerprint density at radius 3 is 2.81 bits per heavy atom. The number of nitrogens with one attached hydrogen (secondary N) is 1. The van der Waals surface area contributed by atoms with E-state index in [1.54, 1.807) is 6.07 Å². The summed E-state index contributed by atoms with van der Waals surface area (Å²) in [6.07, 6.45) is 1.88. The van der Waals surface area contributed by atoms with Gasteiger partial charge in [0.15, 0.2) is 0 Å². The van der Waals surface area contributed by atoms with E-state index < -0.39 is 0 Å². The highest BCUT2D eigenvalue weighted by atomic mass is 79.9. The van der Waals surface area contributed by atoms with Crippen molar-refractivity contribution in [3.05, 3.63) is 51.5 Å². The maximum atomic E-state index is 13.5. The molecule has 0 unspecified atom stereocenters. The SMILES string of the molecule is Cc1c(CNCC(C)C)cnn1Cc1cccc(F)c1Br. The van der Waals surface area contributed by atoms with Crippen molar-refractivity contribution in [1.29, 1.82) is 0 Å². The van der Waals surface area contributed by atoms with E-state index in [1.165, 1.54) is 11.6 Å². The Morgan fingerprint density at radius 2 is 2.10 bits per heavy atom. The van der Waals surface area contributed by atoms with Gasteiger partial charge in [0.05, 0.1) is 17.2 Å². The van der Waals surface area contributed by atoms with E-state index in [4.69, 9.17) is 0 Å². The predicted molar refractivity (Wildman–Crippen MR) is 86.7 cm³/mol. The first-order valence-electron chi connectivity index (χ1n) is 7.14. The van der Waals surface area contributed by atoms with Crippen LogP contribution in [-0.2, 0) is 13.1 Å². The lowest BCUT2D eigenvalue weighted by Gasteiger charge is -2.09. The summed E-state index contributed by atoms with van der Waals surface area (Å²) in [5, 5.41) is 7.83. The van der Waals surface area contributed by atoms with Crippen molar-refractivity contribution in [3.8, 4) is 0 Å². The number of aromatic nitrogens is 2. The summed E-state index contributed by atoms with van der Waals surface area (Å²) in [6, 6.07) is 5.08. The number of halogens is 2. The van der Waals surface area contributed by atoms with Crippen molar-refractivity contribution in [2.24, 2.45) is 5.92 Å². The zero-order valence-electron chi connectivity index (χ0n) is 12.7. The molecule has 0 spiro atoms. The van der Waals surface area contributed by atoms with Crippen molar-refractivity contribution in [2.75, 3.05) is 6.54 Å². The molecule has 5 heteroatoms. The fraction of sp³-hybridized carbons (Fsp3) is 0.438. The van der Waals surface area contributed by atoms with Crippen LogP contribution in [0.1, 0.15) is 30.7 Å². The van der Waals surface area contributed by atoms with E-state index in [0.717, 1.165) is 24.3 Å². The first kappa shape index (κ1) is 16.2. The summed E-state index contributed by atoms with van der Waals surface area (Å²) in [7, 11) is 0. The molecule has 0 fully saturated rings. The van der Waals surface area contributed by atoms with Gasteiger partial charge in [0.2, 0.25) is 0 Å². The summed E-state index contributed by atoms with van der Waals surface area (Å²) < 4.78 is 16.0. The summed E-state index contributed by atoms with van der Waals surface area (Å²) in [4.78, 5) is 0. The maximum Gasteiger partial charge on any atom is 0.137 e. The topological polar surface area (TPSA) is 29.9 Å². The molecule has 0 atom stereocenters. The Labute approximate surface area is 133 Å². The van der Waals surface area contributed by atoms with Crippen LogP contribution >= 0.6 is 15.9 Å². The molecule has 0 aliphatic heterocycles. The minimum Gasteiger partial charge on any atom is -0.312 e. The average Bonchev–Trinajstić information content (AvgIpc) is 2.76.